The summed E-state index contributed by atoms with van der Waals surface area (Å²) in [6, 6.07) is 4.08. The Balaban J connectivity index is 1.61. The molecular weight excluding hydrogens is 269 g/mol. The molecule has 2 aromatic heterocycles. The Bertz CT molecular complexity index is 611. The highest BCUT2D eigenvalue weighted by Gasteiger charge is 2.20. The lowest BCUT2D eigenvalue weighted by atomic mass is 10.2. The van der Waals surface area contributed by atoms with E-state index in [1.54, 1.807) is 0 Å². The van der Waals surface area contributed by atoms with Crippen LogP contribution < -0.4 is 4.90 Å². The minimum atomic E-state index is -0.353. The minimum Gasteiger partial charge on any atom is -0.352 e. The average molecular weight is 287 g/mol. The summed E-state index contributed by atoms with van der Waals surface area (Å²) in [7, 11) is 0. The standard InChI is InChI=1S/C15H18FN5/c1-12-13(3-2-4-18-12)10-20-5-7-21(8-6-20)15-14(16)9-17-11-19-15/h2-4,9,11H,5-8,10H2,1H3. The van der Waals surface area contributed by atoms with Gasteiger partial charge in [-0.2, -0.15) is 0 Å². The summed E-state index contributed by atoms with van der Waals surface area (Å²) in [5, 5.41) is 0. The van der Waals surface area contributed by atoms with Gasteiger partial charge in [0.15, 0.2) is 11.6 Å². The van der Waals surface area contributed by atoms with Gasteiger partial charge in [-0.1, -0.05) is 6.07 Å². The summed E-state index contributed by atoms with van der Waals surface area (Å²) < 4.78 is 13.7. The van der Waals surface area contributed by atoms with E-state index in [9.17, 15) is 4.39 Å². The summed E-state index contributed by atoms with van der Waals surface area (Å²) in [5.74, 6) is 0.0521. The monoisotopic (exact) mass is 287 g/mol. The molecule has 0 atom stereocenters. The first-order chi connectivity index (χ1) is 10.2. The van der Waals surface area contributed by atoms with E-state index in [0.717, 1.165) is 38.4 Å². The molecule has 110 valence electrons. The SMILES string of the molecule is Cc1ncccc1CN1CCN(c2ncncc2F)CC1. The van der Waals surface area contributed by atoms with Gasteiger partial charge in [0.25, 0.3) is 0 Å². The molecule has 5 nitrogen and oxygen atoms in total. The third-order valence-corrected chi connectivity index (χ3v) is 3.83. The van der Waals surface area contributed by atoms with Crippen LogP contribution in [0.25, 0.3) is 0 Å². The first kappa shape index (κ1) is 13.9. The Labute approximate surface area is 123 Å². The van der Waals surface area contributed by atoms with Crippen molar-refractivity contribution in [1.29, 1.82) is 0 Å². The van der Waals surface area contributed by atoms with Crippen LogP contribution in [0.5, 0.6) is 0 Å². The summed E-state index contributed by atoms with van der Waals surface area (Å²) in [4.78, 5) is 16.4. The molecule has 2 aromatic rings. The lowest BCUT2D eigenvalue weighted by Gasteiger charge is -2.35. The van der Waals surface area contributed by atoms with Crippen LogP contribution in [-0.4, -0.2) is 46.0 Å². The van der Waals surface area contributed by atoms with Crippen molar-refractivity contribution in [2.75, 3.05) is 31.1 Å². The van der Waals surface area contributed by atoms with Crippen LogP contribution >= 0.6 is 0 Å². The molecule has 1 fully saturated rings. The number of piperazine rings is 1. The molecule has 0 N–H and O–H groups in total. The fraction of sp³-hybridized carbons (Fsp3) is 0.400. The van der Waals surface area contributed by atoms with Crippen molar-refractivity contribution in [3.63, 3.8) is 0 Å². The topological polar surface area (TPSA) is 45.2 Å². The van der Waals surface area contributed by atoms with E-state index in [0.29, 0.717) is 5.82 Å². The van der Waals surface area contributed by atoms with E-state index in [1.807, 2.05) is 24.1 Å². The molecule has 0 unspecified atom stereocenters. The van der Waals surface area contributed by atoms with Gasteiger partial charge in [-0.15, -0.1) is 0 Å². The zero-order valence-electron chi connectivity index (χ0n) is 12.0. The van der Waals surface area contributed by atoms with Crippen LogP contribution in [0.4, 0.5) is 10.2 Å². The Morgan fingerprint density at radius 1 is 1.19 bits per heavy atom. The molecule has 0 amide bonds. The second-order valence-electron chi connectivity index (χ2n) is 5.21. The fourth-order valence-corrected chi connectivity index (χ4v) is 2.58. The largest absolute Gasteiger partial charge is 0.352 e. The molecular formula is C15H18FN5. The van der Waals surface area contributed by atoms with Crippen molar-refractivity contribution < 1.29 is 4.39 Å². The lowest BCUT2D eigenvalue weighted by molar-refractivity contribution is 0.248. The van der Waals surface area contributed by atoms with Gasteiger partial charge < -0.3 is 4.90 Å². The third kappa shape index (κ3) is 3.16. The zero-order chi connectivity index (χ0) is 14.7. The maximum atomic E-state index is 13.7. The molecule has 3 rings (SSSR count). The number of nitrogens with zero attached hydrogens (tertiary/aromatic N) is 5. The van der Waals surface area contributed by atoms with Crippen LogP contribution in [0.3, 0.4) is 0 Å². The van der Waals surface area contributed by atoms with Gasteiger partial charge in [-0.3, -0.25) is 9.88 Å². The number of halogens is 1. The molecule has 0 radical (unpaired) electrons. The first-order valence-electron chi connectivity index (χ1n) is 7.07. The molecule has 0 aliphatic carbocycles. The third-order valence-electron chi connectivity index (χ3n) is 3.83. The van der Waals surface area contributed by atoms with Crippen molar-refractivity contribution >= 4 is 5.82 Å². The van der Waals surface area contributed by atoms with Crippen molar-refractivity contribution in [3.05, 3.63) is 47.9 Å². The normalized spacial score (nSPS) is 16.2. The summed E-state index contributed by atoms with van der Waals surface area (Å²) >= 11 is 0. The number of pyridine rings is 1. The summed E-state index contributed by atoms with van der Waals surface area (Å²) in [6.07, 6.45) is 4.42. The Morgan fingerprint density at radius 3 is 2.71 bits per heavy atom. The van der Waals surface area contributed by atoms with Gasteiger partial charge >= 0.3 is 0 Å². The molecule has 0 spiro atoms. The van der Waals surface area contributed by atoms with Crippen LogP contribution in [0.2, 0.25) is 0 Å². The van der Waals surface area contributed by atoms with Crippen LogP contribution in [0.15, 0.2) is 30.9 Å². The lowest BCUT2D eigenvalue weighted by Crippen LogP contribution is -2.46. The molecule has 1 saturated heterocycles. The number of hydrogen-bond acceptors (Lipinski definition) is 5. The molecule has 21 heavy (non-hydrogen) atoms. The average Bonchev–Trinajstić information content (AvgIpc) is 2.51. The highest BCUT2D eigenvalue weighted by molar-refractivity contribution is 5.38. The minimum absolute atomic E-state index is 0.353. The van der Waals surface area contributed by atoms with E-state index in [2.05, 4.69) is 25.9 Å². The Hall–Kier alpha value is -2.08. The number of aryl methyl sites for hydroxylation is 1. The van der Waals surface area contributed by atoms with Gasteiger partial charge in [0.05, 0.1) is 6.20 Å². The maximum Gasteiger partial charge on any atom is 0.183 e. The Morgan fingerprint density at radius 2 is 2.00 bits per heavy atom. The van der Waals surface area contributed by atoms with E-state index in [4.69, 9.17) is 0 Å². The molecule has 0 bridgehead atoms. The smallest absolute Gasteiger partial charge is 0.183 e. The van der Waals surface area contributed by atoms with Gasteiger partial charge in [-0.05, 0) is 18.6 Å². The number of anilines is 1. The first-order valence-corrected chi connectivity index (χ1v) is 7.07. The van der Waals surface area contributed by atoms with Gasteiger partial charge in [0.1, 0.15) is 6.33 Å². The molecule has 3 heterocycles. The van der Waals surface area contributed by atoms with E-state index < -0.39 is 0 Å². The Kier molecular flexibility index (Phi) is 4.06. The quantitative estimate of drug-likeness (QED) is 0.859. The summed E-state index contributed by atoms with van der Waals surface area (Å²) in [5.41, 5.74) is 2.32. The van der Waals surface area contributed by atoms with Crippen LogP contribution in [-0.2, 0) is 6.54 Å². The van der Waals surface area contributed by atoms with Crippen molar-refractivity contribution in [3.8, 4) is 0 Å². The number of rotatable bonds is 3. The maximum absolute atomic E-state index is 13.7. The highest BCUT2D eigenvalue weighted by Crippen LogP contribution is 2.17. The summed E-state index contributed by atoms with van der Waals surface area (Å²) in [6.45, 7) is 6.23. The van der Waals surface area contributed by atoms with Gasteiger partial charge in [0, 0.05) is 44.6 Å². The fourth-order valence-electron chi connectivity index (χ4n) is 2.58. The van der Waals surface area contributed by atoms with Crippen molar-refractivity contribution in [2.45, 2.75) is 13.5 Å². The van der Waals surface area contributed by atoms with E-state index in [-0.39, 0.29) is 5.82 Å². The second kappa shape index (κ2) is 6.13. The number of hydrogen-bond donors (Lipinski definition) is 0. The van der Waals surface area contributed by atoms with Crippen LogP contribution in [0.1, 0.15) is 11.3 Å². The number of aromatic nitrogens is 3. The highest BCUT2D eigenvalue weighted by atomic mass is 19.1. The molecule has 1 aliphatic rings. The predicted octanol–water partition coefficient (Wildman–Crippen LogP) is 1.64. The molecule has 1 aliphatic heterocycles. The zero-order valence-corrected chi connectivity index (χ0v) is 12.0. The predicted molar refractivity (Wildman–Crippen MR) is 78.5 cm³/mol. The molecule has 0 saturated carbocycles. The molecule has 0 aromatic carbocycles. The van der Waals surface area contributed by atoms with Gasteiger partial charge in [-0.25, -0.2) is 14.4 Å². The van der Waals surface area contributed by atoms with E-state index >= 15 is 0 Å². The molecule has 6 heteroatoms. The van der Waals surface area contributed by atoms with Crippen LogP contribution in [0, 0.1) is 12.7 Å². The van der Waals surface area contributed by atoms with Crippen molar-refractivity contribution in [1.82, 2.24) is 19.9 Å². The van der Waals surface area contributed by atoms with Crippen molar-refractivity contribution in [2.24, 2.45) is 0 Å². The second-order valence-corrected chi connectivity index (χ2v) is 5.21. The van der Waals surface area contributed by atoms with E-state index in [1.165, 1.54) is 18.1 Å². The van der Waals surface area contributed by atoms with Gasteiger partial charge in [0.2, 0.25) is 0 Å².